The van der Waals surface area contributed by atoms with E-state index in [0.717, 1.165) is 38.5 Å². The van der Waals surface area contributed by atoms with Gasteiger partial charge in [-0.1, -0.05) is 219 Å². The Labute approximate surface area is 365 Å². The Morgan fingerprint density at radius 1 is 0.450 bits per heavy atom. The third-order valence-corrected chi connectivity index (χ3v) is 12.0. The number of esters is 2. The second kappa shape index (κ2) is 40.0. The molecule has 1 fully saturated rings. The monoisotopic (exact) mass is 857 g/mol. The fourth-order valence-corrected chi connectivity index (χ4v) is 8.00. The zero-order chi connectivity index (χ0) is 43.9. The van der Waals surface area contributed by atoms with Crippen molar-refractivity contribution in [1.82, 2.24) is 0 Å². The second-order valence-electron chi connectivity index (χ2n) is 17.7. The number of ether oxygens (including phenoxy) is 4. The number of carbonyl (C=O) groups excluding carboxylic acids is 2. The minimum atomic E-state index is -1.86. The molecule has 0 aliphatic carbocycles. The molecule has 0 amide bonds. The van der Waals surface area contributed by atoms with Crippen LogP contribution in [0.3, 0.4) is 0 Å². The van der Waals surface area contributed by atoms with Crippen molar-refractivity contribution < 1.29 is 53.8 Å². The number of aliphatic hydroxyl groups is 3. The zero-order valence-corrected chi connectivity index (χ0v) is 38.5. The van der Waals surface area contributed by atoms with Crippen LogP contribution in [-0.4, -0.2) is 88.4 Å². The molecule has 1 rings (SSSR count). The van der Waals surface area contributed by atoms with Crippen LogP contribution in [-0.2, 0) is 33.3 Å². The van der Waals surface area contributed by atoms with Gasteiger partial charge in [-0.05, 0) is 12.8 Å². The molecule has 0 saturated carbocycles. The summed E-state index contributed by atoms with van der Waals surface area (Å²) in [6.07, 6.45) is 32.9. The number of unbranched alkanes of at least 4 members (excludes halogenated alkanes) is 32. The summed E-state index contributed by atoms with van der Waals surface area (Å²) in [5, 5.41) is 39.9. The van der Waals surface area contributed by atoms with Gasteiger partial charge >= 0.3 is 17.9 Å². The van der Waals surface area contributed by atoms with Crippen molar-refractivity contribution in [1.29, 1.82) is 0 Å². The van der Waals surface area contributed by atoms with E-state index in [1.54, 1.807) is 0 Å². The van der Waals surface area contributed by atoms with Gasteiger partial charge in [-0.2, -0.15) is 0 Å². The highest BCUT2D eigenvalue weighted by Crippen LogP contribution is 2.23. The van der Waals surface area contributed by atoms with Gasteiger partial charge in [0.25, 0.3) is 0 Å². The predicted molar refractivity (Wildman–Crippen MR) is 239 cm³/mol. The van der Waals surface area contributed by atoms with Crippen molar-refractivity contribution in [2.45, 2.75) is 282 Å². The number of hydrogen-bond acceptors (Lipinski definition) is 10. The van der Waals surface area contributed by atoms with Gasteiger partial charge in [0.2, 0.25) is 0 Å². The van der Waals surface area contributed by atoms with Crippen LogP contribution in [0.25, 0.3) is 0 Å². The summed E-state index contributed by atoms with van der Waals surface area (Å²) in [4.78, 5) is 36.9. The highest BCUT2D eigenvalue weighted by Gasteiger charge is 2.47. The number of hydrogen-bond donors (Lipinski definition) is 4. The maximum absolute atomic E-state index is 12.8. The number of aliphatic carboxylic acids is 1. The molecule has 4 N–H and O–H groups in total. The van der Waals surface area contributed by atoms with Crippen molar-refractivity contribution in [3.63, 3.8) is 0 Å². The molecule has 0 aromatic carbocycles. The number of rotatable bonds is 43. The highest BCUT2D eigenvalue weighted by molar-refractivity contribution is 5.73. The lowest BCUT2D eigenvalue weighted by molar-refractivity contribution is -0.298. The first-order valence-electron chi connectivity index (χ1n) is 25.1. The molecule has 1 heterocycles. The van der Waals surface area contributed by atoms with Gasteiger partial charge in [-0.15, -0.1) is 0 Å². The second-order valence-corrected chi connectivity index (χ2v) is 17.7. The van der Waals surface area contributed by atoms with Crippen LogP contribution in [0.2, 0.25) is 0 Å². The molecule has 6 unspecified atom stereocenters. The van der Waals surface area contributed by atoms with Gasteiger partial charge in [-0.3, -0.25) is 9.59 Å². The first-order chi connectivity index (χ1) is 29.2. The number of carbonyl (C=O) groups is 3. The lowest BCUT2D eigenvalue weighted by Gasteiger charge is -2.38. The minimum absolute atomic E-state index is 0.191. The molecule has 11 nitrogen and oxygen atoms in total. The summed E-state index contributed by atoms with van der Waals surface area (Å²) in [7, 11) is 0. The Kier molecular flexibility index (Phi) is 37.5. The average Bonchev–Trinajstić information content (AvgIpc) is 3.23. The summed E-state index contributed by atoms with van der Waals surface area (Å²) in [5.74, 6) is -2.42. The van der Waals surface area contributed by atoms with Gasteiger partial charge in [-0.25, -0.2) is 4.79 Å². The normalized spacial score (nSPS) is 19.6. The number of aliphatic hydroxyl groups excluding tert-OH is 3. The number of carboxylic acid groups (broad SMARTS) is 1. The van der Waals surface area contributed by atoms with E-state index < -0.39 is 54.7 Å². The van der Waals surface area contributed by atoms with Crippen molar-refractivity contribution >= 4 is 17.9 Å². The van der Waals surface area contributed by atoms with Gasteiger partial charge in [0, 0.05) is 12.8 Å². The summed E-state index contributed by atoms with van der Waals surface area (Å²) in [6.45, 7) is 3.86. The van der Waals surface area contributed by atoms with E-state index in [9.17, 15) is 34.8 Å². The van der Waals surface area contributed by atoms with E-state index >= 15 is 0 Å². The van der Waals surface area contributed by atoms with Crippen molar-refractivity contribution in [3.8, 4) is 0 Å². The largest absolute Gasteiger partial charge is 0.479 e. The van der Waals surface area contributed by atoms with Crippen molar-refractivity contribution in [2.24, 2.45) is 0 Å². The lowest BCUT2D eigenvalue weighted by atomic mass is 9.99. The van der Waals surface area contributed by atoms with Crippen LogP contribution in [0.15, 0.2) is 0 Å². The van der Waals surface area contributed by atoms with Crippen LogP contribution >= 0.6 is 0 Å². The van der Waals surface area contributed by atoms with Crippen molar-refractivity contribution in [3.05, 3.63) is 0 Å². The molecule has 11 heteroatoms. The highest BCUT2D eigenvalue weighted by atomic mass is 16.7. The van der Waals surface area contributed by atoms with Gasteiger partial charge in [0.1, 0.15) is 24.9 Å². The molecule has 60 heavy (non-hydrogen) atoms. The summed E-state index contributed by atoms with van der Waals surface area (Å²) in [6, 6.07) is 0. The molecule has 0 aromatic rings. The fraction of sp³-hybridized carbons (Fsp3) is 0.939. The van der Waals surface area contributed by atoms with E-state index in [0.29, 0.717) is 12.8 Å². The first-order valence-corrected chi connectivity index (χ1v) is 25.1. The smallest absolute Gasteiger partial charge is 0.335 e. The van der Waals surface area contributed by atoms with Gasteiger partial charge in [0.05, 0.1) is 6.61 Å². The Hall–Kier alpha value is -1.79. The molecule has 1 aliphatic heterocycles. The molecule has 0 aromatic heterocycles. The summed E-state index contributed by atoms with van der Waals surface area (Å²) in [5.41, 5.74) is 0. The molecule has 1 saturated heterocycles. The Balaban J connectivity index is 2.29. The first kappa shape index (κ1) is 56.2. The summed E-state index contributed by atoms with van der Waals surface area (Å²) >= 11 is 0. The molecule has 6 atom stereocenters. The van der Waals surface area contributed by atoms with Crippen molar-refractivity contribution in [2.75, 3.05) is 13.2 Å². The van der Waals surface area contributed by atoms with E-state index in [1.807, 2.05) is 0 Å². The Morgan fingerprint density at radius 2 is 0.783 bits per heavy atom. The molecular formula is C49H92O11. The quantitative estimate of drug-likeness (QED) is 0.0340. The minimum Gasteiger partial charge on any atom is -0.479 e. The maximum Gasteiger partial charge on any atom is 0.335 e. The molecular weight excluding hydrogens is 765 g/mol. The van der Waals surface area contributed by atoms with Gasteiger partial charge in [0.15, 0.2) is 18.5 Å². The topological polar surface area (TPSA) is 169 Å². The molecule has 0 bridgehead atoms. The molecule has 354 valence electrons. The Bertz CT molecular complexity index is 1010. The number of carboxylic acids is 1. The molecule has 0 spiro atoms. The van der Waals surface area contributed by atoms with Gasteiger partial charge < -0.3 is 39.4 Å². The standard InChI is InChI=1S/C49H92O11/c1-3-5-7-9-11-13-15-17-19-20-21-22-24-25-27-29-31-33-35-37-42(50)57-39-41(40-58-49-46(54)44(52)45(53)47(60-49)48(55)56)59-43(51)38-36-34-32-30-28-26-23-18-16-14-12-10-8-6-4-2/h41,44-47,49,52-54H,3-40H2,1-2H3,(H,55,56). The van der Waals surface area contributed by atoms with Crippen LogP contribution in [0, 0.1) is 0 Å². The van der Waals surface area contributed by atoms with Crippen LogP contribution < -0.4 is 0 Å². The van der Waals surface area contributed by atoms with E-state index in [1.165, 1.54) is 167 Å². The van der Waals surface area contributed by atoms with E-state index in [-0.39, 0.29) is 26.1 Å². The zero-order valence-electron chi connectivity index (χ0n) is 38.5. The maximum atomic E-state index is 12.8. The molecule has 1 aliphatic rings. The van der Waals surface area contributed by atoms with Crippen LogP contribution in [0.1, 0.15) is 245 Å². The SMILES string of the molecule is CCCCCCCCCCCCCCCCCCCCCC(=O)OCC(COC1OC(C(=O)O)C(O)C(O)C1O)OC(=O)CCCCCCCCCCCCCCCCC. The van der Waals surface area contributed by atoms with Crippen LogP contribution in [0.5, 0.6) is 0 Å². The Morgan fingerprint density at radius 3 is 1.13 bits per heavy atom. The molecule has 0 radical (unpaired) electrons. The fourth-order valence-electron chi connectivity index (χ4n) is 8.00. The summed E-state index contributed by atoms with van der Waals surface area (Å²) < 4.78 is 21.8. The lowest BCUT2D eigenvalue weighted by Crippen LogP contribution is -2.60. The van der Waals surface area contributed by atoms with E-state index in [4.69, 9.17) is 18.9 Å². The average molecular weight is 857 g/mol. The third kappa shape index (κ3) is 31.1. The predicted octanol–water partition coefficient (Wildman–Crippen LogP) is 11.4. The third-order valence-electron chi connectivity index (χ3n) is 12.0. The van der Waals surface area contributed by atoms with E-state index in [2.05, 4.69) is 13.8 Å². The van der Waals surface area contributed by atoms with Crippen LogP contribution in [0.4, 0.5) is 0 Å².